The molecule has 3 atom stereocenters. The molecule has 0 aromatic carbocycles. The third-order valence-corrected chi connectivity index (χ3v) is 6.76. The molecule has 2 fully saturated rings. The molecule has 0 heterocycles. The van der Waals surface area contributed by atoms with E-state index in [-0.39, 0.29) is 0 Å². The molecule has 2 aliphatic rings. The lowest BCUT2D eigenvalue weighted by atomic mass is 9.98. The smallest absolute Gasteiger partial charge is 0.136 e. The Morgan fingerprint density at radius 3 is 2.43 bits per heavy atom. The summed E-state index contributed by atoms with van der Waals surface area (Å²) in [5.74, 6) is 1.43. The van der Waals surface area contributed by atoms with Gasteiger partial charge in [0.05, 0.1) is 8.07 Å². The minimum atomic E-state index is -1.13. The van der Waals surface area contributed by atoms with Crippen LogP contribution in [-0.4, -0.2) is 13.9 Å². The third-order valence-electron chi connectivity index (χ3n) is 4.06. The van der Waals surface area contributed by atoms with Crippen molar-refractivity contribution in [1.29, 1.82) is 0 Å². The molecule has 0 aliphatic heterocycles. The molecule has 0 N–H and O–H groups in total. The van der Waals surface area contributed by atoms with Gasteiger partial charge < -0.3 is 0 Å². The van der Waals surface area contributed by atoms with Crippen molar-refractivity contribution in [3.05, 3.63) is 12.2 Å². The number of carbonyl (C=O) groups is 1. The zero-order valence-electron chi connectivity index (χ0n) is 9.47. The molecule has 0 amide bonds. The van der Waals surface area contributed by atoms with E-state index in [1.54, 1.807) is 0 Å². The number of fused-ring (bicyclic) bond motifs is 1. The van der Waals surface area contributed by atoms with Crippen molar-refractivity contribution >= 4 is 13.9 Å². The molecular formula is C12H20OSi. The fourth-order valence-electron chi connectivity index (χ4n) is 3.22. The number of allylic oxidation sites excluding steroid dienone is 1. The van der Waals surface area contributed by atoms with Crippen LogP contribution in [0.15, 0.2) is 12.2 Å². The zero-order chi connectivity index (χ0) is 10.5. The summed E-state index contributed by atoms with van der Waals surface area (Å²) < 4.78 is 0. The molecule has 0 aromatic heterocycles. The number of hydrogen-bond acceptors (Lipinski definition) is 1. The van der Waals surface area contributed by atoms with E-state index >= 15 is 0 Å². The van der Waals surface area contributed by atoms with Gasteiger partial charge in [-0.2, -0.15) is 0 Å². The summed E-state index contributed by atoms with van der Waals surface area (Å²) in [6.45, 7) is 11.5. The van der Waals surface area contributed by atoms with Crippen molar-refractivity contribution in [2.24, 2.45) is 11.8 Å². The van der Waals surface area contributed by atoms with Gasteiger partial charge in [-0.15, -0.1) is 0 Å². The van der Waals surface area contributed by atoms with Crippen molar-refractivity contribution in [2.75, 3.05) is 0 Å². The van der Waals surface area contributed by atoms with E-state index in [4.69, 9.17) is 0 Å². The van der Waals surface area contributed by atoms with Crippen LogP contribution in [0.25, 0.3) is 0 Å². The third kappa shape index (κ3) is 1.40. The monoisotopic (exact) mass is 208 g/mol. The largest absolute Gasteiger partial charge is 0.299 e. The molecule has 0 bridgehead atoms. The van der Waals surface area contributed by atoms with E-state index in [0.29, 0.717) is 23.2 Å². The Balaban J connectivity index is 2.22. The second-order valence-electron chi connectivity index (χ2n) is 5.95. The second-order valence-corrected chi connectivity index (χ2v) is 11.4. The van der Waals surface area contributed by atoms with Crippen LogP contribution in [0.2, 0.25) is 25.2 Å². The first-order valence-corrected chi connectivity index (χ1v) is 9.20. The van der Waals surface area contributed by atoms with Gasteiger partial charge in [-0.05, 0) is 24.3 Å². The van der Waals surface area contributed by atoms with Crippen LogP contribution < -0.4 is 0 Å². The number of Topliss-reactive ketones (excluding diaryl/α,β-unsaturated/α-hetero) is 1. The molecule has 2 heteroatoms. The summed E-state index contributed by atoms with van der Waals surface area (Å²) in [5, 5.41) is 0. The molecule has 14 heavy (non-hydrogen) atoms. The summed E-state index contributed by atoms with van der Waals surface area (Å²) in [6, 6.07) is 0. The molecule has 0 spiro atoms. The maximum atomic E-state index is 11.6. The van der Waals surface area contributed by atoms with Gasteiger partial charge in [0.1, 0.15) is 5.78 Å². The quantitative estimate of drug-likeness (QED) is 0.477. The van der Waals surface area contributed by atoms with Crippen molar-refractivity contribution in [1.82, 2.24) is 0 Å². The SMILES string of the molecule is C=C1C2CCC(=O)C2CC1[Si](C)(C)C. The minimum absolute atomic E-state index is 0.360. The Labute approximate surface area is 87.6 Å². The topological polar surface area (TPSA) is 17.1 Å². The van der Waals surface area contributed by atoms with Crippen molar-refractivity contribution < 1.29 is 4.79 Å². The lowest BCUT2D eigenvalue weighted by Gasteiger charge is -2.27. The molecule has 3 unspecified atom stereocenters. The fourth-order valence-corrected chi connectivity index (χ4v) is 5.51. The first-order valence-electron chi connectivity index (χ1n) is 5.62. The number of carbonyl (C=O) groups excluding carboxylic acids is 1. The summed E-state index contributed by atoms with van der Waals surface area (Å²) in [6.07, 6.45) is 3.02. The Morgan fingerprint density at radius 1 is 1.29 bits per heavy atom. The molecular weight excluding hydrogens is 188 g/mol. The average molecular weight is 208 g/mol. The summed E-state index contributed by atoms with van der Waals surface area (Å²) in [4.78, 5) is 11.6. The lowest BCUT2D eigenvalue weighted by molar-refractivity contribution is -0.120. The lowest BCUT2D eigenvalue weighted by Crippen LogP contribution is -2.28. The minimum Gasteiger partial charge on any atom is -0.299 e. The average Bonchev–Trinajstić information content (AvgIpc) is 2.54. The van der Waals surface area contributed by atoms with Crippen LogP contribution in [0.1, 0.15) is 19.3 Å². The van der Waals surface area contributed by atoms with Crippen LogP contribution in [0.3, 0.4) is 0 Å². The molecule has 2 aliphatic carbocycles. The molecule has 1 nitrogen and oxygen atoms in total. The maximum absolute atomic E-state index is 11.6. The molecule has 0 saturated heterocycles. The van der Waals surface area contributed by atoms with Crippen LogP contribution >= 0.6 is 0 Å². The summed E-state index contributed by atoms with van der Waals surface area (Å²) >= 11 is 0. The zero-order valence-corrected chi connectivity index (χ0v) is 10.5. The van der Waals surface area contributed by atoms with E-state index in [1.165, 1.54) is 5.57 Å². The highest BCUT2D eigenvalue weighted by Crippen LogP contribution is 2.54. The maximum Gasteiger partial charge on any atom is 0.136 e. The normalized spacial score (nSPS) is 37.8. The molecule has 0 radical (unpaired) electrons. The summed E-state index contributed by atoms with van der Waals surface area (Å²) in [7, 11) is -1.13. The number of rotatable bonds is 1. The highest BCUT2D eigenvalue weighted by atomic mass is 28.3. The Hall–Kier alpha value is -0.373. The molecule has 0 aromatic rings. The predicted molar refractivity (Wildman–Crippen MR) is 62.1 cm³/mol. The summed E-state index contributed by atoms with van der Waals surface area (Å²) in [5.41, 5.74) is 2.11. The molecule has 2 rings (SSSR count). The van der Waals surface area contributed by atoms with E-state index in [0.717, 1.165) is 19.3 Å². The Kier molecular flexibility index (Phi) is 2.22. The fraction of sp³-hybridized carbons (Fsp3) is 0.750. The van der Waals surface area contributed by atoms with Gasteiger partial charge in [0, 0.05) is 12.3 Å². The number of ketones is 1. The first kappa shape index (κ1) is 10.2. The van der Waals surface area contributed by atoms with E-state index in [9.17, 15) is 4.79 Å². The van der Waals surface area contributed by atoms with Gasteiger partial charge in [-0.1, -0.05) is 31.8 Å². The van der Waals surface area contributed by atoms with Gasteiger partial charge in [-0.3, -0.25) is 4.79 Å². The van der Waals surface area contributed by atoms with Gasteiger partial charge in [0.2, 0.25) is 0 Å². The Bertz CT molecular complexity index is 287. The van der Waals surface area contributed by atoms with Crippen molar-refractivity contribution in [2.45, 2.75) is 44.4 Å². The van der Waals surface area contributed by atoms with Crippen molar-refractivity contribution in [3.8, 4) is 0 Å². The Morgan fingerprint density at radius 2 is 1.93 bits per heavy atom. The van der Waals surface area contributed by atoms with E-state index in [1.807, 2.05) is 0 Å². The van der Waals surface area contributed by atoms with Crippen LogP contribution in [0.4, 0.5) is 0 Å². The molecule has 78 valence electrons. The van der Waals surface area contributed by atoms with Gasteiger partial charge in [-0.25, -0.2) is 0 Å². The van der Waals surface area contributed by atoms with Gasteiger partial charge in [0.25, 0.3) is 0 Å². The predicted octanol–water partition coefficient (Wildman–Crippen LogP) is 3.25. The van der Waals surface area contributed by atoms with E-state index < -0.39 is 8.07 Å². The first-order chi connectivity index (χ1) is 6.41. The standard InChI is InChI=1S/C12H20OSi/c1-8-9-5-6-11(13)10(9)7-12(8)14(2,3)4/h9-10,12H,1,5-7H2,2-4H3. The highest BCUT2D eigenvalue weighted by molar-refractivity contribution is 6.78. The number of hydrogen-bond donors (Lipinski definition) is 0. The molecule has 2 saturated carbocycles. The van der Waals surface area contributed by atoms with Gasteiger partial charge in [0.15, 0.2) is 0 Å². The van der Waals surface area contributed by atoms with E-state index in [2.05, 4.69) is 26.2 Å². The van der Waals surface area contributed by atoms with Crippen LogP contribution in [-0.2, 0) is 4.79 Å². The highest BCUT2D eigenvalue weighted by Gasteiger charge is 2.48. The van der Waals surface area contributed by atoms with Gasteiger partial charge >= 0.3 is 0 Å². The second kappa shape index (κ2) is 3.06. The van der Waals surface area contributed by atoms with Crippen LogP contribution in [0.5, 0.6) is 0 Å². The van der Waals surface area contributed by atoms with Crippen LogP contribution in [0, 0.1) is 11.8 Å². The van der Waals surface area contributed by atoms with Crippen molar-refractivity contribution in [3.63, 3.8) is 0 Å².